The first-order valence-electron chi connectivity index (χ1n) is 8.04. The number of nitrogens with one attached hydrogen (secondary N) is 1. The highest BCUT2D eigenvalue weighted by atomic mass is 16.5. The van der Waals surface area contributed by atoms with Crippen molar-refractivity contribution in [3.63, 3.8) is 0 Å². The van der Waals surface area contributed by atoms with Gasteiger partial charge in [-0.25, -0.2) is 0 Å². The number of ether oxygens (including phenoxy) is 1. The molecule has 2 saturated carbocycles. The summed E-state index contributed by atoms with van der Waals surface area (Å²) in [6.07, 6.45) is 12.8. The van der Waals surface area contributed by atoms with Gasteiger partial charge in [-0.1, -0.05) is 26.2 Å². The molecular formula is C16H29NO. The molecule has 1 atom stereocenters. The fourth-order valence-corrected chi connectivity index (χ4v) is 4.28. The van der Waals surface area contributed by atoms with Gasteiger partial charge in [0.15, 0.2) is 0 Å². The molecule has 0 aromatic carbocycles. The summed E-state index contributed by atoms with van der Waals surface area (Å²) >= 11 is 0. The van der Waals surface area contributed by atoms with Crippen LogP contribution in [0.1, 0.15) is 64.7 Å². The summed E-state index contributed by atoms with van der Waals surface area (Å²) in [6.45, 7) is 5.58. The van der Waals surface area contributed by atoms with E-state index >= 15 is 0 Å². The predicted molar refractivity (Wildman–Crippen MR) is 74.7 cm³/mol. The van der Waals surface area contributed by atoms with Crippen molar-refractivity contribution in [3.8, 4) is 0 Å². The zero-order valence-corrected chi connectivity index (χ0v) is 12.0. The van der Waals surface area contributed by atoms with Crippen molar-refractivity contribution in [2.45, 2.75) is 70.8 Å². The van der Waals surface area contributed by atoms with Crippen molar-refractivity contribution in [1.82, 2.24) is 5.32 Å². The highest BCUT2D eigenvalue weighted by molar-refractivity contribution is 5.02. The molecule has 1 saturated heterocycles. The molecule has 0 aromatic heterocycles. The zero-order chi connectivity index (χ0) is 12.5. The second-order valence-electron chi connectivity index (χ2n) is 7.32. The second kappa shape index (κ2) is 5.13. The third-order valence-corrected chi connectivity index (χ3v) is 5.99. The minimum Gasteiger partial charge on any atom is -0.381 e. The Morgan fingerprint density at radius 2 is 1.72 bits per heavy atom. The lowest BCUT2D eigenvalue weighted by atomic mass is 9.57. The van der Waals surface area contributed by atoms with Crippen molar-refractivity contribution >= 4 is 0 Å². The molecule has 2 heteroatoms. The van der Waals surface area contributed by atoms with Gasteiger partial charge in [-0.2, -0.15) is 0 Å². The zero-order valence-electron chi connectivity index (χ0n) is 12.0. The van der Waals surface area contributed by atoms with E-state index < -0.39 is 0 Å². The molecule has 2 nitrogen and oxygen atoms in total. The highest BCUT2D eigenvalue weighted by Gasteiger charge is 2.47. The van der Waals surface area contributed by atoms with Crippen LogP contribution in [0.15, 0.2) is 0 Å². The summed E-state index contributed by atoms with van der Waals surface area (Å²) in [7, 11) is 0. The Morgan fingerprint density at radius 1 is 1.00 bits per heavy atom. The van der Waals surface area contributed by atoms with Crippen molar-refractivity contribution in [3.05, 3.63) is 0 Å². The Labute approximate surface area is 112 Å². The molecule has 1 N–H and O–H groups in total. The normalized spacial score (nSPS) is 34.2. The van der Waals surface area contributed by atoms with E-state index in [2.05, 4.69) is 12.2 Å². The van der Waals surface area contributed by atoms with Gasteiger partial charge in [-0.15, -0.1) is 0 Å². The molecule has 0 radical (unpaired) electrons. The van der Waals surface area contributed by atoms with E-state index in [0.29, 0.717) is 10.8 Å². The summed E-state index contributed by atoms with van der Waals surface area (Å²) in [5.74, 6) is 0. The Kier molecular flexibility index (Phi) is 3.68. The van der Waals surface area contributed by atoms with Crippen LogP contribution in [0.3, 0.4) is 0 Å². The van der Waals surface area contributed by atoms with Crippen LogP contribution in [-0.4, -0.2) is 25.8 Å². The fraction of sp³-hybridized carbons (Fsp3) is 1.00. The fourth-order valence-electron chi connectivity index (χ4n) is 4.28. The Balaban J connectivity index is 1.50. The van der Waals surface area contributed by atoms with E-state index in [9.17, 15) is 0 Å². The molecule has 0 bridgehead atoms. The summed E-state index contributed by atoms with van der Waals surface area (Å²) < 4.78 is 5.49. The van der Waals surface area contributed by atoms with Crippen LogP contribution < -0.4 is 5.32 Å². The standard InChI is InChI=1S/C16H29NO/c1-15(9-11-18-12-10-15)13-17-14-5-8-16(14)6-3-2-4-7-16/h14,17H,2-13H2,1H3. The second-order valence-corrected chi connectivity index (χ2v) is 7.32. The summed E-state index contributed by atoms with van der Waals surface area (Å²) in [5, 5.41) is 3.93. The quantitative estimate of drug-likeness (QED) is 0.829. The molecule has 1 aliphatic heterocycles. The SMILES string of the molecule is CC1(CNC2CCC23CCCCC3)CCOCC1. The van der Waals surface area contributed by atoms with Crippen LogP contribution in [0, 0.1) is 10.8 Å². The lowest BCUT2D eigenvalue weighted by Gasteiger charge is -2.53. The molecule has 1 spiro atoms. The van der Waals surface area contributed by atoms with Crippen LogP contribution in [0.2, 0.25) is 0 Å². The molecule has 0 aromatic rings. The number of rotatable bonds is 3. The third kappa shape index (κ3) is 2.46. The minimum absolute atomic E-state index is 0.490. The molecule has 3 aliphatic rings. The van der Waals surface area contributed by atoms with Gasteiger partial charge in [0.25, 0.3) is 0 Å². The van der Waals surface area contributed by atoms with E-state index in [1.165, 1.54) is 64.3 Å². The van der Waals surface area contributed by atoms with Gasteiger partial charge >= 0.3 is 0 Å². The first-order valence-corrected chi connectivity index (χ1v) is 8.04. The highest BCUT2D eigenvalue weighted by Crippen LogP contribution is 2.51. The number of hydrogen-bond donors (Lipinski definition) is 1. The monoisotopic (exact) mass is 251 g/mol. The summed E-state index contributed by atoms with van der Waals surface area (Å²) in [5.41, 5.74) is 1.20. The van der Waals surface area contributed by atoms with Crippen molar-refractivity contribution in [2.75, 3.05) is 19.8 Å². The van der Waals surface area contributed by atoms with Crippen LogP contribution in [0.5, 0.6) is 0 Å². The Hall–Kier alpha value is -0.0800. The first-order chi connectivity index (χ1) is 8.73. The molecule has 18 heavy (non-hydrogen) atoms. The average Bonchev–Trinajstić information content (AvgIpc) is 2.39. The van der Waals surface area contributed by atoms with Crippen molar-refractivity contribution in [2.24, 2.45) is 10.8 Å². The predicted octanol–water partition coefficient (Wildman–Crippen LogP) is 3.51. The first kappa shape index (κ1) is 12.9. The van der Waals surface area contributed by atoms with E-state index in [4.69, 9.17) is 4.74 Å². The van der Waals surface area contributed by atoms with E-state index in [1.807, 2.05) is 0 Å². The third-order valence-electron chi connectivity index (χ3n) is 5.99. The van der Waals surface area contributed by atoms with Crippen LogP contribution in [-0.2, 0) is 4.74 Å². The molecule has 1 unspecified atom stereocenters. The van der Waals surface area contributed by atoms with E-state index in [1.54, 1.807) is 0 Å². The van der Waals surface area contributed by atoms with Gasteiger partial charge in [-0.05, 0) is 49.4 Å². The van der Waals surface area contributed by atoms with E-state index in [-0.39, 0.29) is 0 Å². The summed E-state index contributed by atoms with van der Waals surface area (Å²) in [4.78, 5) is 0. The van der Waals surface area contributed by atoms with Gasteiger partial charge in [0.05, 0.1) is 0 Å². The minimum atomic E-state index is 0.490. The molecule has 3 rings (SSSR count). The van der Waals surface area contributed by atoms with Gasteiger partial charge in [0, 0.05) is 25.8 Å². The van der Waals surface area contributed by atoms with Gasteiger partial charge in [0.2, 0.25) is 0 Å². The lowest BCUT2D eigenvalue weighted by Crippen LogP contribution is -2.56. The molecule has 0 amide bonds. The van der Waals surface area contributed by atoms with Crippen molar-refractivity contribution in [1.29, 1.82) is 0 Å². The van der Waals surface area contributed by atoms with Gasteiger partial charge < -0.3 is 10.1 Å². The maximum absolute atomic E-state index is 5.49. The van der Waals surface area contributed by atoms with Gasteiger partial charge in [0.1, 0.15) is 0 Å². The van der Waals surface area contributed by atoms with Crippen LogP contribution in [0.25, 0.3) is 0 Å². The number of hydrogen-bond acceptors (Lipinski definition) is 2. The van der Waals surface area contributed by atoms with Crippen LogP contribution in [0.4, 0.5) is 0 Å². The molecule has 1 heterocycles. The molecule has 3 fully saturated rings. The van der Waals surface area contributed by atoms with E-state index in [0.717, 1.165) is 19.3 Å². The molecular weight excluding hydrogens is 222 g/mol. The Bertz CT molecular complexity index is 277. The van der Waals surface area contributed by atoms with Crippen molar-refractivity contribution < 1.29 is 4.74 Å². The Morgan fingerprint density at radius 3 is 2.33 bits per heavy atom. The molecule has 2 aliphatic carbocycles. The lowest BCUT2D eigenvalue weighted by molar-refractivity contribution is -0.00520. The molecule has 104 valence electrons. The van der Waals surface area contributed by atoms with Gasteiger partial charge in [-0.3, -0.25) is 0 Å². The average molecular weight is 251 g/mol. The topological polar surface area (TPSA) is 21.3 Å². The summed E-state index contributed by atoms with van der Waals surface area (Å²) in [6, 6.07) is 0.831. The smallest absolute Gasteiger partial charge is 0.0471 e. The van der Waals surface area contributed by atoms with Crippen LogP contribution >= 0.6 is 0 Å². The maximum atomic E-state index is 5.49. The largest absolute Gasteiger partial charge is 0.381 e. The maximum Gasteiger partial charge on any atom is 0.0471 e.